The number of carbonyl (C=O) groups is 1. The molecular formula is C14H12N6O2. The molecule has 0 bridgehead atoms. The molecular weight excluding hydrogens is 284 g/mol. The van der Waals surface area contributed by atoms with Crippen LogP contribution in [0.3, 0.4) is 0 Å². The van der Waals surface area contributed by atoms with Crippen molar-refractivity contribution < 1.29 is 4.79 Å². The maximum absolute atomic E-state index is 12.2. The molecule has 3 aromatic rings. The van der Waals surface area contributed by atoms with Gasteiger partial charge in [-0.1, -0.05) is 6.07 Å². The fourth-order valence-corrected chi connectivity index (χ4v) is 1.87. The van der Waals surface area contributed by atoms with E-state index >= 15 is 0 Å². The van der Waals surface area contributed by atoms with Crippen LogP contribution in [0.15, 0.2) is 53.8 Å². The smallest absolute Gasteiger partial charge is 0.266 e. The van der Waals surface area contributed by atoms with Gasteiger partial charge in [0.25, 0.3) is 5.91 Å². The van der Waals surface area contributed by atoms with Crippen molar-refractivity contribution in [3.05, 3.63) is 65.2 Å². The molecule has 0 aliphatic heterocycles. The van der Waals surface area contributed by atoms with E-state index in [-0.39, 0.29) is 5.69 Å². The van der Waals surface area contributed by atoms with Crippen molar-refractivity contribution in [3.8, 4) is 11.3 Å². The molecule has 0 aliphatic carbocycles. The van der Waals surface area contributed by atoms with Crippen LogP contribution >= 0.6 is 0 Å². The minimum Gasteiger partial charge on any atom is -0.266 e. The second-order valence-electron chi connectivity index (χ2n) is 4.49. The summed E-state index contributed by atoms with van der Waals surface area (Å²) >= 11 is 0. The van der Waals surface area contributed by atoms with Gasteiger partial charge < -0.3 is 0 Å². The van der Waals surface area contributed by atoms with E-state index in [1.54, 1.807) is 42.7 Å². The van der Waals surface area contributed by atoms with E-state index in [2.05, 4.69) is 20.5 Å². The Labute approximate surface area is 125 Å². The summed E-state index contributed by atoms with van der Waals surface area (Å²) in [6.45, 7) is 0. The summed E-state index contributed by atoms with van der Waals surface area (Å²) in [6, 6.07) is 8.69. The van der Waals surface area contributed by atoms with E-state index in [4.69, 9.17) is 0 Å². The standard InChI is InChI=1S/C14H12N6O2/c1-19-14(22)20(9-16-19)18-13(21)12-4-2-3-11(17-12)10-5-7-15-8-6-10/h2-9H,1H3,(H,18,21). The van der Waals surface area contributed by atoms with Crippen LogP contribution < -0.4 is 11.1 Å². The minimum absolute atomic E-state index is 0.199. The molecule has 1 N–H and O–H groups in total. The first-order chi connectivity index (χ1) is 10.6. The topological polar surface area (TPSA) is 94.7 Å². The van der Waals surface area contributed by atoms with E-state index in [0.29, 0.717) is 5.69 Å². The SMILES string of the molecule is Cn1ncn(NC(=O)c2cccc(-c3ccncc3)n2)c1=O. The fourth-order valence-electron chi connectivity index (χ4n) is 1.87. The summed E-state index contributed by atoms with van der Waals surface area (Å²) in [4.78, 5) is 32.1. The maximum Gasteiger partial charge on any atom is 0.364 e. The summed E-state index contributed by atoms with van der Waals surface area (Å²) in [5.74, 6) is -0.494. The number of pyridine rings is 2. The van der Waals surface area contributed by atoms with Crippen molar-refractivity contribution >= 4 is 5.91 Å². The van der Waals surface area contributed by atoms with Crippen molar-refractivity contribution in [3.63, 3.8) is 0 Å². The van der Waals surface area contributed by atoms with Gasteiger partial charge in [-0.2, -0.15) is 9.77 Å². The fraction of sp³-hybridized carbons (Fsp3) is 0.0714. The van der Waals surface area contributed by atoms with Crippen LogP contribution in [-0.4, -0.2) is 30.3 Å². The highest BCUT2D eigenvalue weighted by molar-refractivity contribution is 5.98. The molecule has 0 atom stereocenters. The summed E-state index contributed by atoms with van der Waals surface area (Å²) in [7, 11) is 1.49. The first-order valence-corrected chi connectivity index (χ1v) is 6.44. The third-order valence-electron chi connectivity index (χ3n) is 3.00. The lowest BCUT2D eigenvalue weighted by atomic mass is 10.1. The number of hydrogen-bond acceptors (Lipinski definition) is 5. The molecule has 0 radical (unpaired) electrons. The molecule has 0 unspecified atom stereocenters. The zero-order valence-corrected chi connectivity index (χ0v) is 11.7. The summed E-state index contributed by atoms with van der Waals surface area (Å²) < 4.78 is 2.12. The Morgan fingerprint density at radius 1 is 1.18 bits per heavy atom. The van der Waals surface area contributed by atoms with Crippen LogP contribution in [0, 0.1) is 0 Å². The van der Waals surface area contributed by atoms with E-state index < -0.39 is 11.6 Å². The van der Waals surface area contributed by atoms with Gasteiger partial charge in [-0.3, -0.25) is 15.2 Å². The van der Waals surface area contributed by atoms with Gasteiger partial charge in [0.05, 0.1) is 5.69 Å². The first-order valence-electron chi connectivity index (χ1n) is 6.44. The zero-order chi connectivity index (χ0) is 15.5. The third-order valence-corrected chi connectivity index (χ3v) is 3.00. The van der Waals surface area contributed by atoms with Gasteiger partial charge in [-0.25, -0.2) is 14.5 Å². The minimum atomic E-state index is -0.494. The summed E-state index contributed by atoms with van der Waals surface area (Å²) in [5.41, 5.74) is 3.68. The number of aromatic nitrogens is 5. The van der Waals surface area contributed by atoms with Crippen LogP contribution in [0.2, 0.25) is 0 Å². The zero-order valence-electron chi connectivity index (χ0n) is 11.7. The number of nitrogens with zero attached hydrogens (tertiary/aromatic N) is 5. The molecule has 0 spiro atoms. The van der Waals surface area contributed by atoms with E-state index in [0.717, 1.165) is 14.9 Å². The molecule has 0 aromatic carbocycles. The Bertz CT molecular complexity index is 868. The van der Waals surface area contributed by atoms with Crippen molar-refractivity contribution in [1.29, 1.82) is 0 Å². The van der Waals surface area contributed by atoms with Gasteiger partial charge in [-0.15, -0.1) is 0 Å². The average Bonchev–Trinajstić information content (AvgIpc) is 2.88. The Morgan fingerprint density at radius 2 is 1.95 bits per heavy atom. The highest BCUT2D eigenvalue weighted by Crippen LogP contribution is 2.15. The van der Waals surface area contributed by atoms with Gasteiger partial charge in [-0.05, 0) is 24.3 Å². The van der Waals surface area contributed by atoms with E-state index in [1.807, 2.05) is 0 Å². The van der Waals surface area contributed by atoms with Gasteiger partial charge in [0.2, 0.25) is 0 Å². The third kappa shape index (κ3) is 2.62. The van der Waals surface area contributed by atoms with Crippen LogP contribution in [0.25, 0.3) is 11.3 Å². The predicted octanol–water partition coefficient (Wildman–Crippen LogP) is 0.423. The molecule has 0 saturated heterocycles. The van der Waals surface area contributed by atoms with E-state index in [9.17, 15) is 9.59 Å². The molecule has 0 saturated carbocycles. The highest BCUT2D eigenvalue weighted by atomic mass is 16.2. The van der Waals surface area contributed by atoms with Crippen molar-refractivity contribution in [2.24, 2.45) is 7.05 Å². The molecule has 0 fully saturated rings. The molecule has 8 nitrogen and oxygen atoms in total. The Morgan fingerprint density at radius 3 is 2.64 bits per heavy atom. The van der Waals surface area contributed by atoms with Crippen LogP contribution in [0.1, 0.15) is 10.5 Å². The number of carbonyl (C=O) groups excluding carboxylic acids is 1. The molecule has 3 heterocycles. The second-order valence-corrected chi connectivity index (χ2v) is 4.49. The van der Waals surface area contributed by atoms with Gasteiger partial charge >= 0.3 is 5.69 Å². The Balaban J connectivity index is 1.87. The highest BCUT2D eigenvalue weighted by Gasteiger charge is 2.11. The van der Waals surface area contributed by atoms with Crippen molar-refractivity contribution in [1.82, 2.24) is 24.4 Å². The van der Waals surface area contributed by atoms with Crippen molar-refractivity contribution in [2.75, 3.05) is 5.43 Å². The second kappa shape index (κ2) is 5.60. The van der Waals surface area contributed by atoms with Crippen LogP contribution in [-0.2, 0) is 7.05 Å². The lowest BCUT2D eigenvalue weighted by Crippen LogP contribution is -2.33. The maximum atomic E-state index is 12.2. The number of nitrogens with one attached hydrogen (secondary N) is 1. The lowest BCUT2D eigenvalue weighted by Gasteiger charge is -2.05. The summed E-state index contributed by atoms with van der Waals surface area (Å²) in [6.07, 6.45) is 4.53. The first kappa shape index (κ1) is 13.7. The average molecular weight is 296 g/mol. The number of rotatable bonds is 3. The monoisotopic (exact) mass is 296 g/mol. The van der Waals surface area contributed by atoms with Crippen molar-refractivity contribution in [2.45, 2.75) is 0 Å². The Hall–Kier alpha value is -3.29. The van der Waals surface area contributed by atoms with Crippen LogP contribution in [0.5, 0.6) is 0 Å². The molecule has 22 heavy (non-hydrogen) atoms. The number of amides is 1. The molecule has 110 valence electrons. The Kier molecular flexibility index (Phi) is 3.48. The number of hydrogen-bond donors (Lipinski definition) is 1. The molecule has 3 aromatic heterocycles. The summed E-state index contributed by atoms with van der Waals surface area (Å²) in [5, 5.41) is 3.75. The van der Waals surface area contributed by atoms with Gasteiger partial charge in [0.1, 0.15) is 12.0 Å². The van der Waals surface area contributed by atoms with Crippen LogP contribution in [0.4, 0.5) is 0 Å². The van der Waals surface area contributed by atoms with E-state index in [1.165, 1.54) is 13.4 Å². The largest absolute Gasteiger partial charge is 0.364 e. The molecule has 0 aliphatic rings. The molecule has 1 amide bonds. The number of aryl methyl sites for hydroxylation is 1. The molecule has 8 heteroatoms. The normalized spacial score (nSPS) is 10.4. The lowest BCUT2D eigenvalue weighted by molar-refractivity contribution is 0.100. The van der Waals surface area contributed by atoms with Gasteiger partial charge in [0.15, 0.2) is 0 Å². The molecule has 3 rings (SSSR count). The quantitative estimate of drug-likeness (QED) is 0.756. The van der Waals surface area contributed by atoms with Gasteiger partial charge in [0, 0.05) is 25.0 Å². The predicted molar refractivity (Wildman–Crippen MR) is 78.6 cm³/mol.